The Morgan fingerprint density at radius 1 is 1.15 bits per heavy atom. The monoisotopic (exact) mass is 269 g/mol. The molecule has 0 aliphatic carbocycles. The normalized spacial score (nSPS) is 10.9. The molecule has 2 aromatic heterocycles. The van der Waals surface area contributed by atoms with Gasteiger partial charge >= 0.3 is 5.69 Å². The molecule has 2 heterocycles. The Kier molecular flexibility index (Phi) is 2.67. The van der Waals surface area contributed by atoms with Crippen LogP contribution in [0.2, 0.25) is 0 Å². The summed E-state index contributed by atoms with van der Waals surface area (Å²) in [4.78, 5) is 30.2. The van der Waals surface area contributed by atoms with Crippen molar-refractivity contribution in [3.05, 3.63) is 50.7 Å². The second-order valence-electron chi connectivity index (χ2n) is 4.44. The van der Waals surface area contributed by atoms with Crippen LogP contribution in [0.1, 0.15) is 5.56 Å². The molecule has 0 saturated carbocycles. The summed E-state index contributed by atoms with van der Waals surface area (Å²) in [6.07, 6.45) is 0. The van der Waals surface area contributed by atoms with Gasteiger partial charge in [-0.25, -0.2) is 9.78 Å². The second kappa shape index (κ2) is 4.37. The number of aromatic nitrogens is 5. The molecule has 0 saturated heterocycles. The van der Waals surface area contributed by atoms with Gasteiger partial charge in [-0.15, -0.1) is 10.2 Å². The molecule has 0 atom stereocenters. The molecule has 0 aliphatic heterocycles. The maximum absolute atomic E-state index is 12.0. The molecule has 7 heteroatoms. The van der Waals surface area contributed by atoms with Crippen molar-refractivity contribution in [3.8, 4) is 11.4 Å². The van der Waals surface area contributed by atoms with Crippen LogP contribution in [0.15, 0.2) is 33.9 Å². The molecule has 20 heavy (non-hydrogen) atoms. The molecule has 7 nitrogen and oxygen atoms in total. The van der Waals surface area contributed by atoms with Gasteiger partial charge in [0.25, 0.3) is 5.56 Å². The number of aromatic amines is 1. The standard InChI is InChI=1S/C13H11N5O2/c1-7-5-3-4-6-8(7)10-14-9-11(17-16-10)15-13(20)18(2)12(9)19/h3-6H,1-2H3,(H,15,17,20). The van der Waals surface area contributed by atoms with E-state index in [4.69, 9.17) is 0 Å². The van der Waals surface area contributed by atoms with Crippen LogP contribution in [0, 0.1) is 6.92 Å². The van der Waals surface area contributed by atoms with Gasteiger partial charge in [0.1, 0.15) is 0 Å². The van der Waals surface area contributed by atoms with E-state index in [1.165, 1.54) is 7.05 Å². The van der Waals surface area contributed by atoms with Crippen LogP contribution in [-0.4, -0.2) is 24.7 Å². The second-order valence-corrected chi connectivity index (χ2v) is 4.44. The summed E-state index contributed by atoms with van der Waals surface area (Å²) in [5.41, 5.74) is 0.941. The zero-order chi connectivity index (χ0) is 14.3. The summed E-state index contributed by atoms with van der Waals surface area (Å²) >= 11 is 0. The SMILES string of the molecule is Cc1ccccc1-c1nnc2[nH]c(=O)n(C)c(=O)c2n1. The number of H-pyrrole nitrogens is 1. The molecule has 0 amide bonds. The first kappa shape index (κ1) is 12.2. The molecule has 0 radical (unpaired) electrons. The number of hydrogen-bond donors (Lipinski definition) is 1. The Labute approximate surface area is 112 Å². The summed E-state index contributed by atoms with van der Waals surface area (Å²) in [7, 11) is 1.39. The zero-order valence-corrected chi connectivity index (χ0v) is 10.9. The molecule has 0 aliphatic rings. The Morgan fingerprint density at radius 3 is 2.65 bits per heavy atom. The molecular weight excluding hydrogens is 258 g/mol. The van der Waals surface area contributed by atoms with Crippen LogP contribution < -0.4 is 11.2 Å². The van der Waals surface area contributed by atoms with Crippen LogP contribution in [0.5, 0.6) is 0 Å². The maximum Gasteiger partial charge on any atom is 0.329 e. The first-order valence-electron chi connectivity index (χ1n) is 5.97. The van der Waals surface area contributed by atoms with E-state index in [2.05, 4.69) is 20.2 Å². The van der Waals surface area contributed by atoms with E-state index in [1.807, 2.05) is 31.2 Å². The van der Waals surface area contributed by atoms with Crippen LogP contribution in [0.3, 0.4) is 0 Å². The highest BCUT2D eigenvalue weighted by Crippen LogP contribution is 2.18. The fraction of sp³-hybridized carbons (Fsp3) is 0.154. The zero-order valence-electron chi connectivity index (χ0n) is 10.9. The number of fused-ring (bicyclic) bond motifs is 1. The Hall–Kier alpha value is -2.83. The molecule has 1 N–H and O–H groups in total. The van der Waals surface area contributed by atoms with Crippen LogP contribution in [0.4, 0.5) is 0 Å². The van der Waals surface area contributed by atoms with Gasteiger partial charge in [0.15, 0.2) is 17.0 Å². The molecule has 0 fully saturated rings. The van der Waals surface area contributed by atoms with Crippen molar-refractivity contribution >= 4 is 11.2 Å². The van der Waals surface area contributed by atoms with Crippen LogP contribution in [0.25, 0.3) is 22.6 Å². The van der Waals surface area contributed by atoms with Crippen molar-refractivity contribution in [2.75, 3.05) is 0 Å². The third-order valence-electron chi connectivity index (χ3n) is 3.11. The molecule has 1 aromatic carbocycles. The molecule has 0 unspecified atom stereocenters. The number of nitrogens with zero attached hydrogens (tertiary/aromatic N) is 4. The van der Waals surface area contributed by atoms with E-state index >= 15 is 0 Å². The molecule has 0 spiro atoms. The predicted molar refractivity (Wildman–Crippen MR) is 73.4 cm³/mol. The largest absolute Gasteiger partial charge is 0.329 e. The highest BCUT2D eigenvalue weighted by atomic mass is 16.2. The minimum absolute atomic E-state index is 0.0930. The van der Waals surface area contributed by atoms with E-state index < -0.39 is 11.2 Å². The average molecular weight is 269 g/mol. The molecule has 3 aromatic rings. The highest BCUT2D eigenvalue weighted by Gasteiger charge is 2.11. The lowest BCUT2D eigenvalue weighted by molar-refractivity contribution is 0.781. The molecule has 0 bridgehead atoms. The maximum atomic E-state index is 12.0. The number of aryl methyl sites for hydroxylation is 1. The van der Waals surface area contributed by atoms with Crippen molar-refractivity contribution in [3.63, 3.8) is 0 Å². The smallest absolute Gasteiger partial charge is 0.288 e. The summed E-state index contributed by atoms with van der Waals surface area (Å²) in [6, 6.07) is 7.55. The quantitative estimate of drug-likeness (QED) is 0.689. The fourth-order valence-electron chi connectivity index (χ4n) is 1.93. The number of rotatable bonds is 1. The lowest BCUT2D eigenvalue weighted by Crippen LogP contribution is -2.33. The van der Waals surface area contributed by atoms with Crippen molar-refractivity contribution in [1.29, 1.82) is 0 Å². The van der Waals surface area contributed by atoms with Gasteiger partial charge in [-0.05, 0) is 12.5 Å². The van der Waals surface area contributed by atoms with Gasteiger partial charge < -0.3 is 0 Å². The third kappa shape index (κ3) is 1.80. The van der Waals surface area contributed by atoms with E-state index in [1.54, 1.807) is 0 Å². The van der Waals surface area contributed by atoms with Crippen LogP contribution in [-0.2, 0) is 7.05 Å². The lowest BCUT2D eigenvalue weighted by atomic mass is 10.1. The third-order valence-corrected chi connectivity index (χ3v) is 3.11. The summed E-state index contributed by atoms with van der Waals surface area (Å²) in [6.45, 7) is 1.92. The summed E-state index contributed by atoms with van der Waals surface area (Å²) in [5.74, 6) is 0.361. The van der Waals surface area contributed by atoms with Crippen molar-refractivity contribution in [2.24, 2.45) is 7.05 Å². The highest BCUT2D eigenvalue weighted by molar-refractivity contribution is 5.71. The minimum atomic E-state index is -0.540. The fourth-order valence-corrected chi connectivity index (χ4v) is 1.93. The molecule has 100 valence electrons. The van der Waals surface area contributed by atoms with Crippen molar-refractivity contribution < 1.29 is 0 Å². The molecule has 3 rings (SSSR count). The Bertz CT molecular complexity index is 926. The van der Waals surface area contributed by atoms with Gasteiger partial charge in [-0.1, -0.05) is 24.3 Å². The number of hydrogen-bond acceptors (Lipinski definition) is 5. The van der Waals surface area contributed by atoms with E-state index in [-0.39, 0.29) is 11.2 Å². The molecular formula is C13H11N5O2. The first-order valence-corrected chi connectivity index (χ1v) is 5.97. The van der Waals surface area contributed by atoms with Crippen molar-refractivity contribution in [1.82, 2.24) is 24.7 Å². The number of nitrogens with one attached hydrogen (secondary N) is 1. The van der Waals surface area contributed by atoms with Gasteiger partial charge in [0.2, 0.25) is 0 Å². The summed E-state index contributed by atoms with van der Waals surface area (Å²) < 4.78 is 0.957. The van der Waals surface area contributed by atoms with E-state index in [0.29, 0.717) is 5.82 Å². The van der Waals surface area contributed by atoms with Gasteiger partial charge in [-0.3, -0.25) is 14.3 Å². The Morgan fingerprint density at radius 2 is 1.90 bits per heavy atom. The topological polar surface area (TPSA) is 93.5 Å². The number of benzene rings is 1. The van der Waals surface area contributed by atoms with Crippen molar-refractivity contribution in [2.45, 2.75) is 6.92 Å². The summed E-state index contributed by atoms with van der Waals surface area (Å²) in [5, 5.41) is 7.85. The van der Waals surface area contributed by atoms with Crippen LogP contribution >= 0.6 is 0 Å². The van der Waals surface area contributed by atoms with Gasteiger partial charge in [0, 0.05) is 12.6 Å². The van der Waals surface area contributed by atoms with Gasteiger partial charge in [-0.2, -0.15) is 0 Å². The Balaban J connectivity index is 2.34. The lowest BCUT2D eigenvalue weighted by Gasteiger charge is -2.04. The minimum Gasteiger partial charge on any atom is -0.288 e. The van der Waals surface area contributed by atoms with Gasteiger partial charge in [0.05, 0.1) is 0 Å². The predicted octanol–water partition coefficient (Wildman–Crippen LogP) is 0.387. The first-order chi connectivity index (χ1) is 9.58. The average Bonchev–Trinajstić information content (AvgIpc) is 2.45. The van der Waals surface area contributed by atoms with E-state index in [0.717, 1.165) is 15.7 Å². The van der Waals surface area contributed by atoms with E-state index in [9.17, 15) is 9.59 Å².